The summed E-state index contributed by atoms with van der Waals surface area (Å²) in [6, 6.07) is 7.31. The van der Waals surface area contributed by atoms with Gasteiger partial charge in [-0.2, -0.15) is 0 Å². The van der Waals surface area contributed by atoms with Crippen LogP contribution in [-0.2, 0) is 0 Å². The highest BCUT2D eigenvalue weighted by Gasteiger charge is 2.11. The van der Waals surface area contributed by atoms with Crippen molar-refractivity contribution in [1.29, 1.82) is 0 Å². The number of carbonyl (C=O) groups is 1. The molecule has 1 aromatic carbocycles. The maximum absolute atomic E-state index is 13.2. The molecular formula is C16H20FN5O. The predicted molar refractivity (Wildman–Crippen MR) is 88.2 cm³/mol. The van der Waals surface area contributed by atoms with Crippen LogP contribution in [-0.4, -0.2) is 48.0 Å². The summed E-state index contributed by atoms with van der Waals surface area (Å²) in [7, 11) is 3.94. The Morgan fingerprint density at radius 2 is 2.04 bits per heavy atom. The maximum atomic E-state index is 13.2. The molecule has 122 valence electrons. The minimum atomic E-state index is -0.410. The number of anilines is 2. The monoisotopic (exact) mass is 317 g/mol. The van der Waals surface area contributed by atoms with E-state index in [0.717, 1.165) is 6.54 Å². The summed E-state index contributed by atoms with van der Waals surface area (Å²) in [4.78, 5) is 22.7. The van der Waals surface area contributed by atoms with Crippen molar-refractivity contribution < 1.29 is 9.18 Å². The van der Waals surface area contributed by atoms with E-state index in [0.29, 0.717) is 23.9 Å². The molecule has 0 aliphatic carbocycles. The van der Waals surface area contributed by atoms with Gasteiger partial charge >= 0.3 is 0 Å². The minimum Gasteiger partial charge on any atom is -0.353 e. The van der Waals surface area contributed by atoms with Gasteiger partial charge < -0.3 is 15.5 Å². The van der Waals surface area contributed by atoms with Gasteiger partial charge in [-0.15, -0.1) is 0 Å². The molecule has 0 unspecified atom stereocenters. The van der Waals surface area contributed by atoms with Gasteiger partial charge in [0.25, 0.3) is 5.91 Å². The van der Waals surface area contributed by atoms with E-state index in [4.69, 9.17) is 0 Å². The summed E-state index contributed by atoms with van der Waals surface area (Å²) < 4.78 is 13.2. The smallest absolute Gasteiger partial charge is 0.274 e. The number of nitrogens with zero attached hydrogens (tertiary/aromatic N) is 3. The summed E-state index contributed by atoms with van der Waals surface area (Å²) in [5.41, 5.74) is 1.29. The number of hydrogen-bond acceptors (Lipinski definition) is 5. The number of nitrogens with one attached hydrogen (secondary N) is 2. The molecule has 0 saturated carbocycles. The second-order valence-corrected chi connectivity index (χ2v) is 5.41. The third-order valence-electron chi connectivity index (χ3n) is 3.01. The molecule has 0 aliphatic rings. The number of hydrogen-bond donors (Lipinski definition) is 2. The number of halogens is 1. The maximum Gasteiger partial charge on any atom is 0.274 e. The van der Waals surface area contributed by atoms with Crippen molar-refractivity contribution in [2.45, 2.75) is 6.92 Å². The number of amides is 1. The molecule has 6 nitrogen and oxygen atoms in total. The molecule has 0 spiro atoms. The zero-order valence-corrected chi connectivity index (χ0v) is 13.4. The largest absolute Gasteiger partial charge is 0.353 e. The van der Waals surface area contributed by atoms with Crippen molar-refractivity contribution in [2.75, 3.05) is 37.8 Å². The summed E-state index contributed by atoms with van der Waals surface area (Å²) >= 11 is 0. The van der Waals surface area contributed by atoms with E-state index in [-0.39, 0.29) is 5.69 Å². The van der Waals surface area contributed by atoms with Crippen LogP contribution in [0.2, 0.25) is 0 Å². The number of aromatic nitrogens is 2. The fraction of sp³-hybridized carbons (Fsp3) is 0.312. The van der Waals surface area contributed by atoms with Crippen molar-refractivity contribution >= 4 is 17.5 Å². The lowest BCUT2D eigenvalue weighted by Crippen LogP contribution is -2.22. The quantitative estimate of drug-likeness (QED) is 0.854. The Morgan fingerprint density at radius 1 is 1.26 bits per heavy atom. The van der Waals surface area contributed by atoms with Crippen molar-refractivity contribution in [3.63, 3.8) is 0 Å². The lowest BCUT2D eigenvalue weighted by atomic mass is 10.3. The summed E-state index contributed by atoms with van der Waals surface area (Å²) in [6.07, 6.45) is 0. The van der Waals surface area contributed by atoms with E-state index in [1.165, 1.54) is 18.2 Å². The number of aryl methyl sites for hydroxylation is 1. The average molecular weight is 317 g/mol. The molecule has 2 rings (SSSR count). The molecule has 1 aromatic heterocycles. The summed E-state index contributed by atoms with van der Waals surface area (Å²) in [6.45, 7) is 3.28. The second kappa shape index (κ2) is 7.64. The number of rotatable bonds is 6. The van der Waals surface area contributed by atoms with Crippen molar-refractivity contribution in [3.05, 3.63) is 47.5 Å². The molecule has 2 N–H and O–H groups in total. The molecule has 0 fully saturated rings. The Kier molecular flexibility index (Phi) is 5.59. The SMILES string of the molecule is Cc1cc(C(=O)Nc2cccc(F)c2)nc(NCCN(C)C)n1. The molecule has 1 amide bonds. The Balaban J connectivity index is 2.09. The zero-order chi connectivity index (χ0) is 16.8. The molecular weight excluding hydrogens is 297 g/mol. The first-order chi connectivity index (χ1) is 10.9. The van der Waals surface area contributed by atoms with Crippen LogP contribution < -0.4 is 10.6 Å². The molecule has 23 heavy (non-hydrogen) atoms. The molecule has 1 heterocycles. The summed E-state index contributed by atoms with van der Waals surface area (Å²) in [5, 5.41) is 5.70. The summed E-state index contributed by atoms with van der Waals surface area (Å²) in [5.74, 6) is -0.416. The van der Waals surface area contributed by atoms with Gasteiger partial charge in [0, 0.05) is 24.5 Å². The van der Waals surface area contributed by atoms with Crippen LogP contribution >= 0.6 is 0 Å². The van der Waals surface area contributed by atoms with Crippen molar-refractivity contribution in [1.82, 2.24) is 14.9 Å². The molecule has 0 radical (unpaired) electrons. The highest BCUT2D eigenvalue weighted by molar-refractivity contribution is 6.03. The number of carbonyl (C=O) groups excluding carboxylic acids is 1. The van der Waals surface area contributed by atoms with E-state index >= 15 is 0 Å². The van der Waals surface area contributed by atoms with Gasteiger partial charge in [-0.05, 0) is 45.3 Å². The van der Waals surface area contributed by atoms with Crippen LogP contribution in [0.1, 0.15) is 16.2 Å². The third-order valence-corrected chi connectivity index (χ3v) is 3.01. The molecule has 0 saturated heterocycles. The van der Waals surface area contributed by atoms with Gasteiger partial charge in [-0.3, -0.25) is 4.79 Å². The van der Waals surface area contributed by atoms with E-state index in [1.807, 2.05) is 19.0 Å². The minimum absolute atomic E-state index is 0.231. The van der Waals surface area contributed by atoms with E-state index in [9.17, 15) is 9.18 Å². The molecule has 0 bridgehead atoms. The number of benzene rings is 1. The molecule has 0 atom stereocenters. The van der Waals surface area contributed by atoms with Gasteiger partial charge in [-0.25, -0.2) is 14.4 Å². The predicted octanol–water partition coefficient (Wildman–Crippen LogP) is 2.15. The highest BCUT2D eigenvalue weighted by Crippen LogP contribution is 2.12. The van der Waals surface area contributed by atoms with Gasteiger partial charge in [0.05, 0.1) is 0 Å². The average Bonchev–Trinajstić information content (AvgIpc) is 2.46. The van der Waals surface area contributed by atoms with E-state index in [1.54, 1.807) is 19.1 Å². The fourth-order valence-electron chi connectivity index (χ4n) is 1.92. The van der Waals surface area contributed by atoms with E-state index in [2.05, 4.69) is 20.6 Å². The van der Waals surface area contributed by atoms with Crippen LogP contribution in [0.25, 0.3) is 0 Å². The van der Waals surface area contributed by atoms with E-state index < -0.39 is 11.7 Å². The Hall–Kier alpha value is -2.54. The standard InChI is InChI=1S/C16H20FN5O/c1-11-9-14(21-16(19-11)18-7-8-22(2)3)15(23)20-13-6-4-5-12(17)10-13/h4-6,9-10H,7-8H2,1-3H3,(H,20,23)(H,18,19,21). The zero-order valence-electron chi connectivity index (χ0n) is 13.4. The van der Waals surface area contributed by atoms with Crippen LogP contribution in [0.4, 0.5) is 16.0 Å². The normalized spacial score (nSPS) is 10.7. The first kappa shape index (κ1) is 16.8. The molecule has 7 heteroatoms. The molecule has 2 aromatic rings. The van der Waals surface area contributed by atoms with Gasteiger partial charge in [0.2, 0.25) is 5.95 Å². The van der Waals surface area contributed by atoms with Crippen molar-refractivity contribution in [3.8, 4) is 0 Å². The Bertz CT molecular complexity index is 690. The highest BCUT2D eigenvalue weighted by atomic mass is 19.1. The lowest BCUT2D eigenvalue weighted by Gasteiger charge is -2.11. The van der Waals surface area contributed by atoms with Crippen molar-refractivity contribution in [2.24, 2.45) is 0 Å². The number of likely N-dealkylation sites (N-methyl/N-ethyl adjacent to an activating group) is 1. The molecule has 0 aliphatic heterocycles. The first-order valence-corrected chi connectivity index (χ1v) is 7.25. The topological polar surface area (TPSA) is 70.2 Å². The second-order valence-electron chi connectivity index (χ2n) is 5.41. The van der Waals surface area contributed by atoms with Crippen LogP contribution in [0.5, 0.6) is 0 Å². The Labute approximate surface area is 134 Å². The van der Waals surface area contributed by atoms with Gasteiger partial charge in [-0.1, -0.05) is 6.07 Å². The van der Waals surface area contributed by atoms with Gasteiger partial charge in [0.1, 0.15) is 11.5 Å². The van der Waals surface area contributed by atoms with Crippen LogP contribution in [0.3, 0.4) is 0 Å². The van der Waals surface area contributed by atoms with Crippen LogP contribution in [0.15, 0.2) is 30.3 Å². The lowest BCUT2D eigenvalue weighted by molar-refractivity contribution is 0.102. The van der Waals surface area contributed by atoms with Gasteiger partial charge in [0.15, 0.2) is 0 Å². The third kappa shape index (κ3) is 5.30. The fourth-order valence-corrected chi connectivity index (χ4v) is 1.92. The first-order valence-electron chi connectivity index (χ1n) is 7.25. The van der Waals surface area contributed by atoms with Crippen LogP contribution in [0, 0.1) is 12.7 Å². The Morgan fingerprint density at radius 3 is 2.74 bits per heavy atom.